The van der Waals surface area contributed by atoms with Crippen LogP contribution in [0.25, 0.3) is 0 Å². The van der Waals surface area contributed by atoms with E-state index in [2.05, 4.69) is 5.32 Å². The second kappa shape index (κ2) is 12.1. The van der Waals surface area contributed by atoms with Gasteiger partial charge in [0.2, 0.25) is 11.8 Å². The quantitative estimate of drug-likeness (QED) is 0.474. The molecule has 0 unspecified atom stereocenters. The average molecular weight is 465 g/mol. The maximum Gasteiger partial charge on any atom is 0.242 e. The van der Waals surface area contributed by atoms with Crippen LogP contribution in [0.2, 0.25) is 5.02 Å². The molecule has 0 fully saturated rings. The van der Waals surface area contributed by atoms with Gasteiger partial charge in [0.15, 0.2) is 0 Å². The molecule has 0 aliphatic rings. The highest BCUT2D eigenvalue weighted by molar-refractivity contribution is 6.31. The molecule has 1 atom stereocenters. The summed E-state index contributed by atoms with van der Waals surface area (Å²) in [5, 5.41) is 3.37. The number of carbonyl (C=O) groups is 2. The van der Waals surface area contributed by atoms with E-state index in [1.54, 1.807) is 19.1 Å². The van der Waals surface area contributed by atoms with Crippen LogP contribution in [-0.4, -0.2) is 36.9 Å². The molecular weight excluding hydrogens is 436 g/mol. The number of carbonyl (C=O) groups excluding carboxylic acids is 2. The molecule has 3 aromatic rings. The molecule has 0 radical (unpaired) electrons. The van der Waals surface area contributed by atoms with Crippen molar-refractivity contribution in [2.75, 3.05) is 14.2 Å². The summed E-state index contributed by atoms with van der Waals surface area (Å²) in [6.07, 6.45) is 1.16. The summed E-state index contributed by atoms with van der Waals surface area (Å²) in [5.41, 5.74) is 2.79. The van der Waals surface area contributed by atoms with Gasteiger partial charge in [0.05, 0.1) is 7.11 Å². The summed E-state index contributed by atoms with van der Waals surface area (Å²) < 4.78 is 5.34. The predicted molar refractivity (Wildman–Crippen MR) is 131 cm³/mol. The van der Waals surface area contributed by atoms with Crippen molar-refractivity contribution in [1.82, 2.24) is 10.2 Å². The van der Waals surface area contributed by atoms with E-state index in [9.17, 15) is 9.59 Å². The van der Waals surface area contributed by atoms with Crippen LogP contribution in [0.4, 0.5) is 0 Å². The molecule has 3 rings (SSSR count). The van der Waals surface area contributed by atoms with Crippen molar-refractivity contribution in [1.29, 1.82) is 0 Å². The molecule has 0 saturated heterocycles. The van der Waals surface area contributed by atoms with Crippen LogP contribution in [0.3, 0.4) is 0 Å². The van der Waals surface area contributed by atoms with Gasteiger partial charge in [0.25, 0.3) is 0 Å². The molecular formula is C27H29ClN2O3. The van der Waals surface area contributed by atoms with Gasteiger partial charge in [0, 0.05) is 31.5 Å². The minimum atomic E-state index is -0.651. The molecule has 0 aliphatic heterocycles. The third-order valence-corrected chi connectivity index (χ3v) is 5.94. The van der Waals surface area contributed by atoms with Crippen LogP contribution in [0, 0.1) is 0 Å². The van der Waals surface area contributed by atoms with Crippen LogP contribution in [-0.2, 0) is 29.0 Å². The third-order valence-electron chi connectivity index (χ3n) is 5.57. The normalized spacial score (nSPS) is 11.5. The van der Waals surface area contributed by atoms with E-state index in [1.165, 1.54) is 0 Å². The highest BCUT2D eigenvalue weighted by Gasteiger charge is 2.29. The Morgan fingerprint density at radius 2 is 1.67 bits per heavy atom. The zero-order valence-electron chi connectivity index (χ0n) is 19.0. The largest absolute Gasteiger partial charge is 0.497 e. The van der Waals surface area contributed by atoms with Crippen molar-refractivity contribution in [3.8, 4) is 5.75 Å². The number of halogens is 1. The molecule has 0 aromatic heterocycles. The number of rotatable bonds is 10. The third kappa shape index (κ3) is 6.83. The van der Waals surface area contributed by atoms with Crippen LogP contribution >= 0.6 is 11.6 Å². The zero-order chi connectivity index (χ0) is 23.6. The lowest BCUT2D eigenvalue weighted by Crippen LogP contribution is -2.49. The number of nitrogens with zero attached hydrogens (tertiary/aromatic N) is 1. The Kier molecular flexibility index (Phi) is 8.90. The monoisotopic (exact) mass is 464 g/mol. The second-order valence-corrected chi connectivity index (χ2v) is 8.19. The molecule has 1 N–H and O–H groups in total. The molecule has 6 heteroatoms. The Bertz CT molecular complexity index is 1070. The van der Waals surface area contributed by atoms with E-state index in [1.807, 2.05) is 78.9 Å². The number of ether oxygens (including phenoxy) is 1. The van der Waals surface area contributed by atoms with Gasteiger partial charge in [-0.25, -0.2) is 0 Å². The fraction of sp³-hybridized carbons (Fsp3) is 0.259. The van der Waals surface area contributed by atoms with Gasteiger partial charge in [-0.1, -0.05) is 72.3 Å². The highest BCUT2D eigenvalue weighted by atomic mass is 35.5. The lowest BCUT2D eigenvalue weighted by atomic mass is 10.0. The molecule has 0 spiro atoms. The van der Waals surface area contributed by atoms with Crippen LogP contribution in [0.5, 0.6) is 5.75 Å². The zero-order valence-corrected chi connectivity index (χ0v) is 19.7. The molecule has 33 heavy (non-hydrogen) atoms. The Morgan fingerprint density at radius 3 is 2.36 bits per heavy atom. The summed E-state index contributed by atoms with van der Waals surface area (Å²) in [6.45, 7) is 0.295. The fourth-order valence-electron chi connectivity index (χ4n) is 3.77. The summed E-state index contributed by atoms with van der Waals surface area (Å²) in [5.74, 6) is 0.394. The summed E-state index contributed by atoms with van der Waals surface area (Å²) >= 11 is 6.29. The summed E-state index contributed by atoms with van der Waals surface area (Å²) in [4.78, 5) is 28.1. The van der Waals surface area contributed by atoms with E-state index in [4.69, 9.17) is 16.3 Å². The number of benzene rings is 3. The Labute approximate surface area is 200 Å². The van der Waals surface area contributed by atoms with Crippen molar-refractivity contribution >= 4 is 23.4 Å². The van der Waals surface area contributed by atoms with Crippen molar-refractivity contribution in [2.45, 2.75) is 31.8 Å². The lowest BCUT2D eigenvalue weighted by molar-refractivity contribution is -0.141. The van der Waals surface area contributed by atoms with Crippen LogP contribution in [0.1, 0.15) is 23.1 Å². The maximum absolute atomic E-state index is 13.5. The number of nitrogens with one attached hydrogen (secondary N) is 1. The molecule has 0 saturated carbocycles. The fourth-order valence-corrected chi connectivity index (χ4v) is 4.00. The van der Waals surface area contributed by atoms with E-state index in [0.717, 1.165) is 16.7 Å². The molecule has 172 valence electrons. The van der Waals surface area contributed by atoms with E-state index >= 15 is 0 Å². The molecule has 0 heterocycles. The smallest absolute Gasteiger partial charge is 0.242 e. The summed E-state index contributed by atoms with van der Waals surface area (Å²) in [6, 6.07) is 24.1. The van der Waals surface area contributed by atoms with Gasteiger partial charge in [-0.2, -0.15) is 0 Å². The predicted octanol–water partition coefficient (Wildman–Crippen LogP) is 4.67. The minimum Gasteiger partial charge on any atom is -0.497 e. The standard InChI is InChI=1S/C27H29ClN2O3/c1-29-27(32)25(18-20-9-4-3-5-10-20)30(19-21-11-8-13-23(17-21)33-2)26(31)16-15-22-12-6-7-14-24(22)28/h3-14,17,25H,15-16,18-19H2,1-2H3,(H,29,32)/t25-/m0/s1. The molecule has 5 nitrogen and oxygen atoms in total. The van der Waals surface area contributed by atoms with Crippen molar-refractivity contribution in [2.24, 2.45) is 0 Å². The molecule has 3 aromatic carbocycles. The average Bonchev–Trinajstić information content (AvgIpc) is 2.85. The maximum atomic E-state index is 13.5. The SMILES string of the molecule is CNC(=O)[C@H](Cc1ccccc1)N(Cc1cccc(OC)c1)C(=O)CCc1ccccc1Cl. The van der Waals surface area contributed by atoms with Crippen molar-refractivity contribution < 1.29 is 14.3 Å². The number of amides is 2. The lowest BCUT2D eigenvalue weighted by Gasteiger charge is -2.31. The van der Waals surface area contributed by atoms with Crippen LogP contribution < -0.4 is 10.1 Å². The topological polar surface area (TPSA) is 58.6 Å². The first-order valence-corrected chi connectivity index (χ1v) is 11.3. The molecule has 2 amide bonds. The molecule has 0 aliphatic carbocycles. The van der Waals surface area contributed by atoms with E-state index in [0.29, 0.717) is 30.2 Å². The van der Waals surface area contributed by atoms with E-state index < -0.39 is 6.04 Å². The first-order chi connectivity index (χ1) is 16.0. The van der Waals surface area contributed by atoms with Crippen molar-refractivity contribution in [3.63, 3.8) is 0 Å². The van der Waals surface area contributed by atoms with Gasteiger partial charge >= 0.3 is 0 Å². The van der Waals surface area contributed by atoms with Crippen LogP contribution in [0.15, 0.2) is 78.9 Å². The molecule has 0 bridgehead atoms. The Morgan fingerprint density at radius 1 is 0.970 bits per heavy atom. The number of hydrogen-bond acceptors (Lipinski definition) is 3. The van der Waals surface area contributed by atoms with Gasteiger partial charge in [-0.3, -0.25) is 9.59 Å². The second-order valence-electron chi connectivity index (χ2n) is 7.78. The number of aryl methyl sites for hydroxylation is 1. The number of likely N-dealkylation sites (N-methyl/N-ethyl adjacent to an activating group) is 1. The highest BCUT2D eigenvalue weighted by Crippen LogP contribution is 2.21. The Hall–Kier alpha value is -3.31. The minimum absolute atomic E-state index is 0.109. The van der Waals surface area contributed by atoms with E-state index in [-0.39, 0.29) is 18.2 Å². The van der Waals surface area contributed by atoms with Gasteiger partial charge in [-0.05, 0) is 41.3 Å². The summed E-state index contributed by atoms with van der Waals surface area (Å²) in [7, 11) is 3.20. The van der Waals surface area contributed by atoms with Gasteiger partial charge < -0.3 is 15.0 Å². The number of hydrogen-bond donors (Lipinski definition) is 1. The first kappa shape index (κ1) is 24.3. The first-order valence-electron chi connectivity index (χ1n) is 10.9. The van der Waals surface area contributed by atoms with Gasteiger partial charge in [-0.15, -0.1) is 0 Å². The van der Waals surface area contributed by atoms with Gasteiger partial charge in [0.1, 0.15) is 11.8 Å². The Balaban J connectivity index is 1.89. The van der Waals surface area contributed by atoms with Crippen molar-refractivity contribution in [3.05, 3.63) is 101 Å². The number of methoxy groups -OCH3 is 1.